The second-order valence-electron chi connectivity index (χ2n) is 2.73. The number of aromatic amines is 2. The number of nitrogens with one attached hydrogen (secondary N) is 2. The molecule has 0 aliphatic rings. The van der Waals surface area contributed by atoms with E-state index in [-0.39, 0.29) is 0 Å². The number of aromatic nitrogens is 4. The molecule has 2 heterocycles. The topological polar surface area (TPSA) is 83.5 Å². The summed E-state index contributed by atoms with van der Waals surface area (Å²) in [6.45, 7) is 2.27. The Morgan fingerprint density at radius 2 is 2.14 bits per heavy atom. The molecular weight excluding hydrogens is 252 g/mol. The number of nitrogens with zero attached hydrogens (tertiary/aromatic N) is 2. The van der Waals surface area contributed by atoms with Gasteiger partial charge in [-0.25, -0.2) is 9.78 Å². The summed E-state index contributed by atoms with van der Waals surface area (Å²) in [7, 11) is 0. The van der Waals surface area contributed by atoms with Gasteiger partial charge in [0, 0.05) is 6.54 Å². The van der Waals surface area contributed by atoms with E-state index in [9.17, 15) is 9.59 Å². The van der Waals surface area contributed by atoms with E-state index >= 15 is 0 Å². The predicted molar refractivity (Wildman–Crippen MR) is 54.3 cm³/mol. The second-order valence-corrected chi connectivity index (χ2v) is 3.48. The van der Waals surface area contributed by atoms with Crippen molar-refractivity contribution in [3.8, 4) is 0 Å². The number of aryl methyl sites for hydroxylation is 1. The minimum Gasteiger partial charge on any atom is -0.327 e. The van der Waals surface area contributed by atoms with E-state index in [1.165, 1.54) is 4.57 Å². The van der Waals surface area contributed by atoms with Gasteiger partial charge in [0.25, 0.3) is 5.56 Å². The molecule has 2 aromatic rings. The lowest BCUT2D eigenvalue weighted by atomic mass is 10.5. The van der Waals surface area contributed by atoms with Crippen molar-refractivity contribution in [2.75, 3.05) is 0 Å². The van der Waals surface area contributed by atoms with Gasteiger partial charge in [0.1, 0.15) is 0 Å². The number of halogens is 1. The SMILES string of the molecule is CCn1c(=O)[nH]c(=O)c2[nH]c(Br)nc21. The Morgan fingerprint density at radius 3 is 2.79 bits per heavy atom. The van der Waals surface area contributed by atoms with Gasteiger partial charge in [-0.05, 0) is 22.9 Å². The summed E-state index contributed by atoms with van der Waals surface area (Å²) < 4.78 is 1.82. The molecule has 2 N–H and O–H groups in total. The fourth-order valence-electron chi connectivity index (χ4n) is 1.31. The maximum absolute atomic E-state index is 11.3. The molecule has 0 amide bonds. The molecule has 0 atom stereocenters. The van der Waals surface area contributed by atoms with Crippen LogP contribution in [-0.2, 0) is 6.54 Å². The molecule has 0 bridgehead atoms. The minimum atomic E-state index is -0.451. The molecule has 6 nitrogen and oxygen atoms in total. The van der Waals surface area contributed by atoms with Gasteiger partial charge in [0.15, 0.2) is 15.9 Å². The lowest BCUT2D eigenvalue weighted by molar-refractivity contribution is 0.719. The highest BCUT2D eigenvalue weighted by molar-refractivity contribution is 9.10. The van der Waals surface area contributed by atoms with Gasteiger partial charge in [-0.15, -0.1) is 0 Å². The molecular formula is C7H7BrN4O2. The lowest BCUT2D eigenvalue weighted by Gasteiger charge is -1.99. The first-order valence-corrected chi connectivity index (χ1v) is 4.81. The van der Waals surface area contributed by atoms with Crippen molar-refractivity contribution in [1.29, 1.82) is 0 Å². The molecule has 0 radical (unpaired) electrons. The summed E-state index contributed by atoms with van der Waals surface area (Å²) in [5.41, 5.74) is -0.219. The number of fused-ring (bicyclic) bond motifs is 1. The number of imidazole rings is 1. The van der Waals surface area contributed by atoms with E-state index in [1.807, 2.05) is 6.92 Å². The van der Waals surface area contributed by atoms with Gasteiger partial charge in [-0.2, -0.15) is 0 Å². The van der Waals surface area contributed by atoms with Gasteiger partial charge in [0.2, 0.25) is 0 Å². The summed E-state index contributed by atoms with van der Waals surface area (Å²) in [4.78, 5) is 31.6. The van der Waals surface area contributed by atoms with Crippen LogP contribution in [0.1, 0.15) is 6.92 Å². The van der Waals surface area contributed by atoms with Gasteiger partial charge >= 0.3 is 5.69 Å². The van der Waals surface area contributed by atoms with E-state index in [1.54, 1.807) is 0 Å². The normalized spacial score (nSPS) is 11.0. The summed E-state index contributed by atoms with van der Waals surface area (Å²) >= 11 is 3.11. The first kappa shape index (κ1) is 9.20. The van der Waals surface area contributed by atoms with E-state index in [0.717, 1.165) is 0 Å². The van der Waals surface area contributed by atoms with Gasteiger partial charge in [-0.1, -0.05) is 0 Å². The average molecular weight is 259 g/mol. The average Bonchev–Trinajstić information content (AvgIpc) is 2.48. The summed E-state index contributed by atoms with van der Waals surface area (Å²) in [6.07, 6.45) is 0. The van der Waals surface area contributed by atoms with Crippen LogP contribution in [0.15, 0.2) is 14.3 Å². The quantitative estimate of drug-likeness (QED) is 0.717. The molecule has 2 rings (SSSR count). The Hall–Kier alpha value is -1.37. The highest BCUT2D eigenvalue weighted by Crippen LogP contribution is 2.08. The van der Waals surface area contributed by atoms with Gasteiger partial charge in [-0.3, -0.25) is 14.3 Å². The maximum atomic E-state index is 11.3. The van der Waals surface area contributed by atoms with Crippen molar-refractivity contribution in [1.82, 2.24) is 19.5 Å². The minimum absolute atomic E-state index is 0.304. The Morgan fingerprint density at radius 1 is 1.43 bits per heavy atom. The Bertz CT molecular complexity index is 594. The standard InChI is InChI=1S/C7H7BrN4O2/c1-2-12-4-3(9-6(8)10-4)5(13)11-7(12)14/h2H2,1H3,(H,9,10)(H,11,13,14). The monoisotopic (exact) mass is 258 g/mol. The molecule has 0 spiro atoms. The third-order valence-electron chi connectivity index (χ3n) is 1.92. The highest BCUT2D eigenvalue weighted by atomic mass is 79.9. The van der Waals surface area contributed by atoms with Crippen molar-refractivity contribution >= 4 is 27.1 Å². The third kappa shape index (κ3) is 1.20. The molecule has 7 heteroatoms. The fraction of sp³-hybridized carbons (Fsp3) is 0.286. The van der Waals surface area contributed by atoms with E-state index in [4.69, 9.17) is 0 Å². The van der Waals surface area contributed by atoms with E-state index in [2.05, 4.69) is 30.9 Å². The van der Waals surface area contributed by atoms with Crippen molar-refractivity contribution in [3.05, 3.63) is 25.6 Å². The summed E-state index contributed by atoms with van der Waals surface area (Å²) in [5, 5.41) is 0. The smallest absolute Gasteiger partial charge is 0.327 e. The fourth-order valence-corrected chi connectivity index (χ4v) is 1.67. The van der Waals surface area contributed by atoms with Crippen LogP contribution < -0.4 is 11.2 Å². The molecule has 0 aromatic carbocycles. The van der Waals surface area contributed by atoms with E-state index in [0.29, 0.717) is 22.4 Å². The maximum Gasteiger partial charge on any atom is 0.330 e. The number of hydrogen-bond acceptors (Lipinski definition) is 3. The van der Waals surface area contributed by atoms with Crippen LogP contribution in [0, 0.1) is 0 Å². The number of H-pyrrole nitrogens is 2. The van der Waals surface area contributed by atoms with Crippen LogP contribution in [0.4, 0.5) is 0 Å². The van der Waals surface area contributed by atoms with Crippen LogP contribution in [0.5, 0.6) is 0 Å². The van der Waals surface area contributed by atoms with Gasteiger partial charge < -0.3 is 4.98 Å². The van der Waals surface area contributed by atoms with Crippen LogP contribution in [0.3, 0.4) is 0 Å². The van der Waals surface area contributed by atoms with Crippen LogP contribution in [0.2, 0.25) is 0 Å². The molecule has 0 saturated carbocycles. The van der Waals surface area contributed by atoms with E-state index < -0.39 is 11.2 Å². The Labute approximate surface area is 86.1 Å². The highest BCUT2D eigenvalue weighted by Gasteiger charge is 2.09. The zero-order valence-corrected chi connectivity index (χ0v) is 8.88. The molecule has 2 aromatic heterocycles. The summed E-state index contributed by atoms with van der Waals surface area (Å²) in [5.74, 6) is 0. The first-order chi connectivity index (χ1) is 6.63. The molecule has 0 aliphatic heterocycles. The summed E-state index contributed by atoms with van der Waals surface area (Å²) in [6, 6.07) is 0. The predicted octanol–water partition coefficient (Wildman–Crippen LogP) is 0.195. The molecule has 0 aliphatic carbocycles. The van der Waals surface area contributed by atoms with Crippen LogP contribution in [0.25, 0.3) is 11.2 Å². The number of rotatable bonds is 1. The molecule has 0 fully saturated rings. The van der Waals surface area contributed by atoms with Crippen molar-refractivity contribution in [2.24, 2.45) is 0 Å². The third-order valence-corrected chi connectivity index (χ3v) is 2.30. The molecule has 0 unspecified atom stereocenters. The van der Waals surface area contributed by atoms with Crippen LogP contribution >= 0.6 is 15.9 Å². The zero-order chi connectivity index (χ0) is 10.3. The van der Waals surface area contributed by atoms with Crippen molar-refractivity contribution in [2.45, 2.75) is 13.5 Å². The Balaban J connectivity index is 3.05. The van der Waals surface area contributed by atoms with Crippen LogP contribution in [-0.4, -0.2) is 19.5 Å². The molecule has 14 heavy (non-hydrogen) atoms. The molecule has 74 valence electrons. The first-order valence-electron chi connectivity index (χ1n) is 4.01. The largest absolute Gasteiger partial charge is 0.330 e. The number of hydrogen-bond donors (Lipinski definition) is 2. The zero-order valence-electron chi connectivity index (χ0n) is 7.30. The Kier molecular flexibility index (Phi) is 2.03. The molecule has 0 saturated heterocycles. The lowest BCUT2D eigenvalue weighted by Crippen LogP contribution is -2.29. The van der Waals surface area contributed by atoms with Gasteiger partial charge in [0.05, 0.1) is 0 Å². The van der Waals surface area contributed by atoms with Crippen molar-refractivity contribution < 1.29 is 0 Å². The van der Waals surface area contributed by atoms with Crippen molar-refractivity contribution in [3.63, 3.8) is 0 Å². The second kappa shape index (κ2) is 3.09.